The zero-order chi connectivity index (χ0) is 17.9. The van der Waals surface area contributed by atoms with Crippen LogP contribution < -0.4 is 10.5 Å². The highest BCUT2D eigenvalue weighted by atomic mass is 16.5. The minimum absolute atomic E-state index is 0.110. The van der Waals surface area contributed by atoms with Crippen molar-refractivity contribution in [1.82, 2.24) is 0 Å². The first-order chi connectivity index (χ1) is 12.8. The summed E-state index contributed by atoms with van der Waals surface area (Å²) in [7, 11) is 0. The number of rotatable bonds is 5. The van der Waals surface area contributed by atoms with Crippen LogP contribution in [0.15, 0.2) is 72.8 Å². The Bertz CT molecular complexity index is 1070. The van der Waals surface area contributed by atoms with Gasteiger partial charge >= 0.3 is 0 Å². The molecule has 26 heavy (non-hydrogen) atoms. The van der Waals surface area contributed by atoms with Crippen LogP contribution in [0.5, 0.6) is 5.75 Å². The number of ether oxygens (including phenoxy) is 1. The van der Waals surface area contributed by atoms with Gasteiger partial charge in [0.2, 0.25) is 0 Å². The minimum Gasteiger partial charge on any atom is -0.493 e. The predicted octanol–water partition coefficient (Wildman–Crippen LogP) is 5.00. The molecule has 4 aromatic carbocycles. The molecule has 4 aromatic rings. The summed E-state index contributed by atoms with van der Waals surface area (Å²) in [5.74, 6) is 0.792. The van der Waals surface area contributed by atoms with E-state index in [-0.39, 0.29) is 6.61 Å². The fourth-order valence-corrected chi connectivity index (χ4v) is 3.44. The maximum absolute atomic E-state index is 9.09. The van der Waals surface area contributed by atoms with E-state index in [1.165, 1.54) is 0 Å². The molecule has 130 valence electrons. The van der Waals surface area contributed by atoms with Crippen molar-refractivity contribution in [1.29, 1.82) is 0 Å². The molecule has 0 unspecified atom stereocenters. The first-order valence-corrected chi connectivity index (χ1v) is 8.82. The van der Waals surface area contributed by atoms with Gasteiger partial charge in [0.05, 0.1) is 6.61 Å². The first kappa shape index (κ1) is 16.4. The first-order valence-electron chi connectivity index (χ1n) is 8.82. The van der Waals surface area contributed by atoms with Gasteiger partial charge in [-0.3, -0.25) is 0 Å². The number of fused-ring (bicyclic) bond motifs is 2. The molecule has 0 bridgehead atoms. The zero-order valence-electron chi connectivity index (χ0n) is 14.5. The van der Waals surface area contributed by atoms with Gasteiger partial charge in [-0.25, -0.2) is 0 Å². The van der Waals surface area contributed by atoms with E-state index in [1.54, 1.807) is 0 Å². The van der Waals surface area contributed by atoms with E-state index in [0.29, 0.717) is 13.0 Å². The number of hydrogen-bond donors (Lipinski definition) is 2. The maximum Gasteiger partial charge on any atom is 0.127 e. The van der Waals surface area contributed by atoms with Gasteiger partial charge in [0.15, 0.2) is 0 Å². The van der Waals surface area contributed by atoms with Gasteiger partial charge in [0.1, 0.15) is 5.75 Å². The van der Waals surface area contributed by atoms with E-state index in [4.69, 9.17) is 15.6 Å². The van der Waals surface area contributed by atoms with E-state index >= 15 is 0 Å². The van der Waals surface area contributed by atoms with Crippen molar-refractivity contribution in [2.24, 2.45) is 0 Å². The number of hydrogen-bond acceptors (Lipinski definition) is 3. The molecule has 3 heteroatoms. The zero-order valence-corrected chi connectivity index (χ0v) is 14.5. The maximum atomic E-state index is 9.09. The Labute approximate surface area is 152 Å². The molecule has 0 spiro atoms. The fourth-order valence-electron chi connectivity index (χ4n) is 3.44. The quantitative estimate of drug-likeness (QED) is 0.396. The lowest BCUT2D eigenvalue weighted by molar-refractivity contribution is 0.234. The molecule has 0 aliphatic heterocycles. The third kappa shape index (κ3) is 2.87. The number of benzene rings is 4. The van der Waals surface area contributed by atoms with E-state index < -0.39 is 0 Å². The second kappa shape index (κ2) is 7.06. The normalized spacial score (nSPS) is 11.1. The monoisotopic (exact) mass is 343 g/mol. The van der Waals surface area contributed by atoms with Crippen molar-refractivity contribution in [3.8, 4) is 16.9 Å². The molecule has 0 fully saturated rings. The lowest BCUT2D eigenvalue weighted by Crippen LogP contribution is -2.02. The van der Waals surface area contributed by atoms with Crippen LogP contribution in [0.25, 0.3) is 32.7 Å². The van der Waals surface area contributed by atoms with Crippen molar-refractivity contribution < 1.29 is 9.84 Å². The summed E-state index contributed by atoms with van der Waals surface area (Å²) in [5, 5.41) is 13.6. The second-order valence-electron chi connectivity index (χ2n) is 6.34. The Morgan fingerprint density at radius 3 is 2.04 bits per heavy atom. The van der Waals surface area contributed by atoms with Crippen molar-refractivity contribution in [3.05, 3.63) is 72.8 Å². The number of nitrogens with two attached hydrogens (primary N) is 1. The molecule has 0 saturated heterocycles. The predicted molar refractivity (Wildman–Crippen MR) is 109 cm³/mol. The molecular formula is C23H21NO2. The molecule has 0 aromatic heterocycles. The standard InChI is InChI=1S/C23H21NO2/c24-20-12-10-16-6-1-3-8-18(16)22(20)23-19-9-4-2-7-17(19)11-13-21(23)26-15-5-14-25/h1-4,6-13,25H,5,14-15,24H2. The van der Waals surface area contributed by atoms with Crippen molar-refractivity contribution >= 4 is 27.2 Å². The van der Waals surface area contributed by atoms with Crippen LogP contribution >= 0.6 is 0 Å². The summed E-state index contributed by atoms with van der Waals surface area (Å²) in [5.41, 5.74) is 9.18. The number of nitrogen functional groups attached to an aromatic ring is 1. The molecule has 0 aliphatic carbocycles. The van der Waals surface area contributed by atoms with Gasteiger partial charge in [0.25, 0.3) is 0 Å². The van der Waals surface area contributed by atoms with E-state index in [1.807, 2.05) is 42.5 Å². The molecule has 3 nitrogen and oxygen atoms in total. The molecule has 3 N–H and O–H groups in total. The largest absolute Gasteiger partial charge is 0.493 e. The van der Waals surface area contributed by atoms with E-state index in [2.05, 4.69) is 30.3 Å². The molecular weight excluding hydrogens is 322 g/mol. The molecule has 0 amide bonds. The molecule has 0 radical (unpaired) electrons. The van der Waals surface area contributed by atoms with Crippen LogP contribution in [-0.2, 0) is 0 Å². The Balaban J connectivity index is 2.04. The van der Waals surface area contributed by atoms with Crippen molar-refractivity contribution in [2.45, 2.75) is 6.42 Å². The van der Waals surface area contributed by atoms with Crippen molar-refractivity contribution in [2.75, 3.05) is 18.9 Å². The molecule has 4 rings (SSSR count). The minimum atomic E-state index is 0.110. The lowest BCUT2D eigenvalue weighted by atomic mass is 9.92. The Hall–Kier alpha value is -3.04. The van der Waals surface area contributed by atoms with Crippen LogP contribution in [0.3, 0.4) is 0 Å². The topological polar surface area (TPSA) is 55.5 Å². The van der Waals surface area contributed by atoms with E-state index in [0.717, 1.165) is 44.1 Å². The number of anilines is 1. The highest BCUT2D eigenvalue weighted by Crippen LogP contribution is 2.43. The third-order valence-corrected chi connectivity index (χ3v) is 4.66. The van der Waals surface area contributed by atoms with Crippen molar-refractivity contribution in [3.63, 3.8) is 0 Å². The Morgan fingerprint density at radius 1 is 0.731 bits per heavy atom. The summed E-state index contributed by atoms with van der Waals surface area (Å²) in [6, 6.07) is 24.6. The summed E-state index contributed by atoms with van der Waals surface area (Å²) in [4.78, 5) is 0. The SMILES string of the molecule is Nc1ccc2ccccc2c1-c1c(OCCCO)ccc2ccccc12. The Kier molecular flexibility index (Phi) is 4.46. The highest BCUT2D eigenvalue weighted by Gasteiger charge is 2.16. The third-order valence-electron chi connectivity index (χ3n) is 4.66. The van der Waals surface area contributed by atoms with E-state index in [9.17, 15) is 0 Å². The number of aliphatic hydroxyl groups is 1. The average Bonchev–Trinajstić information content (AvgIpc) is 2.68. The molecule has 0 heterocycles. The smallest absolute Gasteiger partial charge is 0.127 e. The van der Waals surface area contributed by atoms with Gasteiger partial charge in [-0.1, -0.05) is 60.7 Å². The van der Waals surface area contributed by atoms with Gasteiger partial charge in [-0.2, -0.15) is 0 Å². The average molecular weight is 343 g/mol. The molecule has 0 atom stereocenters. The number of aliphatic hydroxyl groups excluding tert-OH is 1. The van der Waals surface area contributed by atoms with Crippen LogP contribution in [0.1, 0.15) is 6.42 Å². The van der Waals surface area contributed by atoms with Gasteiger partial charge < -0.3 is 15.6 Å². The van der Waals surface area contributed by atoms with Crippen LogP contribution in [0.2, 0.25) is 0 Å². The Morgan fingerprint density at radius 2 is 1.35 bits per heavy atom. The molecule has 0 saturated carbocycles. The molecule has 0 aliphatic rings. The van der Waals surface area contributed by atoms with Gasteiger partial charge in [-0.15, -0.1) is 0 Å². The van der Waals surface area contributed by atoms with Gasteiger partial charge in [0, 0.05) is 29.8 Å². The van der Waals surface area contributed by atoms with Crippen LogP contribution in [0, 0.1) is 0 Å². The van der Waals surface area contributed by atoms with Crippen LogP contribution in [0.4, 0.5) is 5.69 Å². The van der Waals surface area contributed by atoms with Crippen LogP contribution in [-0.4, -0.2) is 18.3 Å². The summed E-state index contributed by atoms with van der Waals surface area (Å²) < 4.78 is 6.03. The summed E-state index contributed by atoms with van der Waals surface area (Å²) >= 11 is 0. The van der Waals surface area contributed by atoms with Gasteiger partial charge in [-0.05, 0) is 33.7 Å². The summed E-state index contributed by atoms with van der Waals surface area (Å²) in [6.07, 6.45) is 0.595. The second-order valence-corrected chi connectivity index (χ2v) is 6.34. The fraction of sp³-hybridized carbons (Fsp3) is 0.130. The highest BCUT2D eigenvalue weighted by molar-refractivity contribution is 6.11. The lowest BCUT2D eigenvalue weighted by Gasteiger charge is -2.18. The summed E-state index contributed by atoms with van der Waals surface area (Å²) in [6.45, 7) is 0.575.